The first-order valence-electron chi connectivity index (χ1n) is 10.4. The molecule has 7 nitrogen and oxygen atoms in total. The molecule has 32 heavy (non-hydrogen) atoms. The van der Waals surface area contributed by atoms with E-state index in [4.69, 9.17) is 38.0 Å². The van der Waals surface area contributed by atoms with Crippen LogP contribution in [0.3, 0.4) is 0 Å². The van der Waals surface area contributed by atoms with Gasteiger partial charge in [-0.05, 0) is 55.9 Å². The number of carbonyl (C=O) groups is 1. The lowest BCUT2D eigenvalue weighted by atomic mass is 9.78. The van der Waals surface area contributed by atoms with Crippen molar-refractivity contribution in [1.82, 2.24) is 10.2 Å². The van der Waals surface area contributed by atoms with E-state index in [0.29, 0.717) is 40.5 Å². The van der Waals surface area contributed by atoms with Gasteiger partial charge in [-0.2, -0.15) is 0 Å². The van der Waals surface area contributed by atoms with Gasteiger partial charge < -0.3 is 29.7 Å². The van der Waals surface area contributed by atoms with Crippen molar-refractivity contribution >= 4 is 40.5 Å². The second-order valence-electron chi connectivity index (χ2n) is 7.93. The second-order valence-corrected chi connectivity index (χ2v) is 8.76. The van der Waals surface area contributed by atoms with Crippen LogP contribution in [-0.2, 0) is 9.53 Å². The number of carbonyl (C=O) groups excluding carboxylic acids is 1. The minimum atomic E-state index is -1.03. The third-order valence-electron chi connectivity index (χ3n) is 5.97. The summed E-state index contributed by atoms with van der Waals surface area (Å²) in [6.45, 7) is 3.04. The maximum Gasteiger partial charge on any atom is 0.236 e. The van der Waals surface area contributed by atoms with Crippen molar-refractivity contribution in [2.24, 2.45) is 5.92 Å². The van der Waals surface area contributed by atoms with Gasteiger partial charge in [0.2, 0.25) is 5.91 Å². The van der Waals surface area contributed by atoms with Gasteiger partial charge >= 0.3 is 0 Å². The molecule has 2 aromatic rings. The average Bonchev–Trinajstić information content (AvgIpc) is 2.77. The summed E-state index contributed by atoms with van der Waals surface area (Å²) in [5, 5.41) is 7.54. The van der Waals surface area contributed by atoms with Gasteiger partial charge in [-0.1, -0.05) is 23.7 Å². The lowest BCUT2D eigenvalue weighted by Crippen LogP contribution is -2.71. The number of nitrogens with one attached hydrogen (secondary N) is 2. The summed E-state index contributed by atoms with van der Waals surface area (Å²) in [4.78, 5) is 15.6. The fourth-order valence-corrected chi connectivity index (χ4v) is 4.97. The van der Waals surface area contributed by atoms with Gasteiger partial charge in [0, 0.05) is 36.5 Å². The predicted molar refractivity (Wildman–Crippen MR) is 127 cm³/mol. The average molecular weight is 476 g/mol. The van der Waals surface area contributed by atoms with Crippen molar-refractivity contribution in [1.29, 1.82) is 0 Å². The van der Waals surface area contributed by atoms with Gasteiger partial charge in [-0.25, -0.2) is 0 Å². The third-order valence-corrected chi connectivity index (χ3v) is 6.56. The fourth-order valence-electron chi connectivity index (χ4n) is 4.44. The van der Waals surface area contributed by atoms with Crippen molar-refractivity contribution < 1.29 is 19.0 Å². The highest BCUT2D eigenvalue weighted by Gasteiger charge is 2.58. The molecule has 2 aliphatic rings. The number of benzene rings is 2. The van der Waals surface area contributed by atoms with Crippen LogP contribution in [-0.4, -0.2) is 49.0 Å². The molecule has 4 rings (SSSR count). The lowest BCUT2D eigenvalue weighted by molar-refractivity contribution is -0.149. The Morgan fingerprint density at radius 2 is 2.03 bits per heavy atom. The molecule has 2 bridgehead atoms. The highest BCUT2D eigenvalue weighted by molar-refractivity contribution is 7.80. The molecule has 2 N–H and O–H groups in total. The standard InChI is InChI=1S/C23H26ClN3O4S/c1-23-18(21(28)25-15-10-8-14(24)9-11-15)19(26-22(32)27(23)12-5-13-29-2)16-6-4-7-17(30-3)20(16)31-23/h4,6-11,18-19H,5,12-13H2,1-3H3,(H,25,28)(H,26,32)/t18-,19+,23+/m0/s1. The molecule has 3 atom stereocenters. The number of nitrogens with zero attached hydrogens (tertiary/aromatic N) is 1. The van der Waals surface area contributed by atoms with Crippen LogP contribution >= 0.6 is 23.8 Å². The first-order valence-corrected chi connectivity index (χ1v) is 11.2. The number of hydrogen-bond donors (Lipinski definition) is 2. The Kier molecular flexibility index (Phi) is 6.46. The van der Waals surface area contributed by atoms with Crippen LogP contribution in [0.4, 0.5) is 5.69 Å². The summed E-state index contributed by atoms with van der Waals surface area (Å²) in [5.41, 5.74) is 0.460. The number of hydrogen-bond acceptors (Lipinski definition) is 5. The largest absolute Gasteiger partial charge is 0.493 e. The number of amides is 1. The number of halogens is 1. The highest BCUT2D eigenvalue weighted by atomic mass is 35.5. The van der Waals surface area contributed by atoms with Crippen LogP contribution in [0.25, 0.3) is 0 Å². The third kappa shape index (κ3) is 3.98. The molecule has 0 aromatic heterocycles. The molecule has 9 heteroatoms. The van der Waals surface area contributed by atoms with E-state index in [1.165, 1.54) is 0 Å². The van der Waals surface area contributed by atoms with E-state index < -0.39 is 11.6 Å². The predicted octanol–water partition coefficient (Wildman–Crippen LogP) is 3.98. The van der Waals surface area contributed by atoms with Crippen LogP contribution in [0.5, 0.6) is 11.5 Å². The monoisotopic (exact) mass is 475 g/mol. The summed E-state index contributed by atoms with van der Waals surface area (Å²) in [5.74, 6) is 0.457. The molecular weight excluding hydrogens is 450 g/mol. The summed E-state index contributed by atoms with van der Waals surface area (Å²) in [7, 11) is 3.26. The molecule has 0 unspecified atom stereocenters. The molecule has 1 saturated heterocycles. The molecule has 0 aliphatic carbocycles. The van der Waals surface area contributed by atoms with E-state index in [0.717, 1.165) is 12.0 Å². The second kappa shape index (κ2) is 9.13. The van der Waals surface area contributed by atoms with Gasteiger partial charge in [0.05, 0.1) is 13.2 Å². The van der Waals surface area contributed by atoms with Gasteiger partial charge in [0.25, 0.3) is 0 Å². The molecule has 0 spiro atoms. The van der Waals surface area contributed by atoms with Gasteiger partial charge in [-0.3, -0.25) is 4.79 Å². The Labute approximate surface area is 198 Å². The van der Waals surface area contributed by atoms with E-state index in [2.05, 4.69) is 10.6 Å². The number of fused-ring (bicyclic) bond motifs is 4. The van der Waals surface area contributed by atoms with Gasteiger partial charge in [0.15, 0.2) is 22.3 Å². The maximum absolute atomic E-state index is 13.6. The first-order chi connectivity index (χ1) is 15.4. The zero-order valence-electron chi connectivity index (χ0n) is 18.2. The molecule has 1 amide bonds. The summed E-state index contributed by atoms with van der Waals surface area (Å²) >= 11 is 11.7. The molecule has 0 radical (unpaired) electrons. The van der Waals surface area contributed by atoms with Gasteiger partial charge in [-0.15, -0.1) is 0 Å². The van der Waals surface area contributed by atoms with Crippen molar-refractivity contribution in [2.75, 3.05) is 32.7 Å². The van der Waals surface area contributed by atoms with Crippen molar-refractivity contribution in [2.45, 2.75) is 25.1 Å². The number of thiocarbonyl (C=S) groups is 1. The van der Waals surface area contributed by atoms with E-state index >= 15 is 0 Å². The smallest absolute Gasteiger partial charge is 0.236 e. The van der Waals surface area contributed by atoms with Gasteiger partial charge in [0.1, 0.15) is 5.92 Å². The summed E-state index contributed by atoms with van der Waals surface area (Å²) in [6.07, 6.45) is 0.728. The quantitative estimate of drug-likeness (QED) is 0.463. The van der Waals surface area contributed by atoms with E-state index in [-0.39, 0.29) is 11.9 Å². The number of para-hydroxylation sites is 1. The Morgan fingerprint density at radius 1 is 1.28 bits per heavy atom. The highest BCUT2D eigenvalue weighted by Crippen LogP contribution is 2.51. The number of methoxy groups -OCH3 is 2. The van der Waals surface area contributed by atoms with Crippen LogP contribution < -0.4 is 20.1 Å². The van der Waals surface area contributed by atoms with Crippen molar-refractivity contribution in [3.63, 3.8) is 0 Å². The number of rotatable bonds is 7. The Hall–Kier alpha value is -2.55. The van der Waals surface area contributed by atoms with E-state index in [1.807, 2.05) is 30.0 Å². The molecule has 170 valence electrons. The molecule has 2 aliphatic heterocycles. The molecule has 2 heterocycles. The van der Waals surface area contributed by atoms with E-state index in [9.17, 15) is 4.79 Å². The Balaban J connectivity index is 1.75. The number of anilines is 1. The van der Waals surface area contributed by atoms with E-state index in [1.54, 1.807) is 38.5 Å². The zero-order valence-corrected chi connectivity index (χ0v) is 19.8. The zero-order chi connectivity index (χ0) is 22.9. The molecule has 2 aromatic carbocycles. The van der Waals surface area contributed by atoms with Crippen LogP contribution in [0.15, 0.2) is 42.5 Å². The fraction of sp³-hybridized carbons (Fsp3) is 0.391. The van der Waals surface area contributed by atoms with Crippen molar-refractivity contribution in [3.05, 3.63) is 53.1 Å². The maximum atomic E-state index is 13.6. The Bertz CT molecular complexity index is 1020. The lowest BCUT2D eigenvalue weighted by Gasteiger charge is -2.56. The van der Waals surface area contributed by atoms with Crippen LogP contribution in [0.1, 0.15) is 24.9 Å². The Morgan fingerprint density at radius 3 is 2.72 bits per heavy atom. The van der Waals surface area contributed by atoms with Crippen molar-refractivity contribution in [3.8, 4) is 11.5 Å². The molecule has 0 saturated carbocycles. The van der Waals surface area contributed by atoms with Crippen LogP contribution in [0.2, 0.25) is 5.02 Å². The number of ether oxygens (including phenoxy) is 3. The van der Waals surface area contributed by atoms with Crippen LogP contribution in [0, 0.1) is 5.92 Å². The normalized spacial score (nSPS) is 23.6. The minimum Gasteiger partial charge on any atom is -0.493 e. The topological polar surface area (TPSA) is 72.1 Å². The molecule has 1 fully saturated rings. The molecular formula is C23H26ClN3O4S. The first kappa shape index (κ1) is 22.6. The summed E-state index contributed by atoms with van der Waals surface area (Å²) < 4.78 is 17.3. The SMILES string of the molecule is COCCCN1C(=S)N[C@@H]2c3cccc(OC)c3O[C@]1(C)[C@@H]2C(=O)Nc1ccc(Cl)cc1. The summed E-state index contributed by atoms with van der Waals surface area (Å²) in [6, 6.07) is 12.3. The minimum absolute atomic E-state index is 0.181.